The molecule has 0 fully saturated rings. The van der Waals surface area contributed by atoms with E-state index in [2.05, 4.69) is 9.31 Å². The van der Waals surface area contributed by atoms with Gasteiger partial charge in [-0.2, -0.15) is 26.3 Å². The lowest BCUT2D eigenvalue weighted by Crippen LogP contribution is -2.36. The third kappa shape index (κ3) is 7.74. The quantitative estimate of drug-likeness (QED) is 0.580. The topological polar surface area (TPSA) is 18.5 Å². The first-order valence-corrected chi connectivity index (χ1v) is 6.94. The van der Waals surface area contributed by atoms with Crippen molar-refractivity contribution in [2.75, 3.05) is 14.2 Å². The number of hydrogen-bond acceptors (Lipinski definition) is 2. The highest BCUT2D eigenvalue weighted by Crippen LogP contribution is 2.34. The molecule has 0 bridgehead atoms. The van der Waals surface area contributed by atoms with Crippen LogP contribution in [0.5, 0.6) is 0 Å². The summed E-state index contributed by atoms with van der Waals surface area (Å²) in [7, 11) is 0.923. The van der Waals surface area contributed by atoms with Crippen LogP contribution in [-0.4, -0.2) is 21.3 Å². The minimum absolute atomic E-state index is 0.0475. The van der Waals surface area contributed by atoms with Crippen LogP contribution in [0.25, 0.3) is 0 Å². The van der Waals surface area contributed by atoms with Crippen molar-refractivity contribution in [3.8, 4) is 0 Å². The van der Waals surface area contributed by atoms with Gasteiger partial charge in [-0.1, -0.05) is 39.8 Å². The van der Waals surface area contributed by atoms with Gasteiger partial charge < -0.3 is 9.31 Å². The molecule has 2 nitrogen and oxygen atoms in total. The molecule has 0 atom stereocenters. The van der Waals surface area contributed by atoms with E-state index < -0.39 is 30.6 Å². The summed E-state index contributed by atoms with van der Waals surface area (Å²) in [5.74, 6) is 0. The lowest BCUT2D eigenvalue weighted by atomic mass is 9.77. The first-order valence-electron chi connectivity index (χ1n) is 6.94. The Morgan fingerprint density at radius 3 is 1.22 bits per heavy atom. The van der Waals surface area contributed by atoms with Crippen LogP contribution in [0.1, 0.15) is 38.8 Å². The molecule has 0 aliphatic carbocycles. The van der Waals surface area contributed by atoms with E-state index in [4.69, 9.17) is 0 Å². The van der Waals surface area contributed by atoms with Crippen LogP contribution in [0.2, 0.25) is 0 Å². The molecule has 0 spiro atoms. The van der Waals surface area contributed by atoms with E-state index in [1.807, 2.05) is 27.7 Å². The molecule has 1 aromatic carbocycles. The summed E-state index contributed by atoms with van der Waals surface area (Å²) in [4.78, 5) is 0. The van der Waals surface area contributed by atoms with E-state index in [1.54, 1.807) is 0 Å². The fourth-order valence-electron chi connectivity index (χ4n) is 1.48. The van der Waals surface area contributed by atoms with Crippen LogP contribution in [0.15, 0.2) is 18.2 Å². The van der Waals surface area contributed by atoms with Crippen molar-refractivity contribution in [2.24, 2.45) is 0 Å². The minimum atomic E-state index is -4.89. The second-order valence-corrected chi connectivity index (χ2v) is 3.64. The van der Waals surface area contributed by atoms with Gasteiger partial charge in [0, 0.05) is 14.2 Å². The predicted molar refractivity (Wildman–Crippen MR) is 78.5 cm³/mol. The van der Waals surface area contributed by atoms with Gasteiger partial charge in [-0.3, -0.25) is 0 Å². The number of halogens is 6. The average molecular weight is 346 g/mol. The van der Waals surface area contributed by atoms with Crippen molar-refractivity contribution in [3.05, 3.63) is 29.3 Å². The standard InChI is InChI=1S/C10H9BF6O2.2C2H6/c1-18-11(19-2)8-4-6(9(12,13)14)3-7(5-8)10(15,16)17;2*1-2/h3-5H,1-2H3;2*1-2H3. The van der Waals surface area contributed by atoms with Crippen molar-refractivity contribution in [1.29, 1.82) is 0 Å². The molecular formula is C14H21BF6O2. The van der Waals surface area contributed by atoms with Gasteiger partial charge in [-0.25, -0.2) is 0 Å². The molecular weight excluding hydrogens is 325 g/mol. The molecule has 0 aromatic heterocycles. The van der Waals surface area contributed by atoms with E-state index in [9.17, 15) is 26.3 Å². The van der Waals surface area contributed by atoms with E-state index >= 15 is 0 Å². The molecule has 0 aliphatic rings. The van der Waals surface area contributed by atoms with Gasteiger partial charge in [0.2, 0.25) is 0 Å². The Bertz CT molecular complexity index is 410. The van der Waals surface area contributed by atoms with E-state index in [0.29, 0.717) is 12.1 Å². The Morgan fingerprint density at radius 1 is 0.696 bits per heavy atom. The van der Waals surface area contributed by atoms with E-state index in [-0.39, 0.29) is 11.5 Å². The molecule has 0 aliphatic heterocycles. The maximum Gasteiger partial charge on any atom is 0.493 e. The summed E-state index contributed by atoms with van der Waals surface area (Å²) in [6.07, 6.45) is -9.77. The second kappa shape index (κ2) is 10.5. The van der Waals surface area contributed by atoms with Gasteiger partial charge in [0.15, 0.2) is 0 Å². The van der Waals surface area contributed by atoms with E-state index in [1.165, 1.54) is 0 Å². The Hall–Kier alpha value is -1.22. The van der Waals surface area contributed by atoms with Crippen molar-refractivity contribution >= 4 is 12.6 Å². The summed E-state index contributed by atoms with van der Waals surface area (Å²) in [6.45, 7) is 8.00. The van der Waals surface area contributed by atoms with Crippen LogP contribution >= 0.6 is 0 Å². The Kier molecular flexibility index (Phi) is 11.0. The van der Waals surface area contributed by atoms with Gasteiger partial charge in [-0.05, 0) is 11.5 Å². The smallest absolute Gasteiger partial charge is 0.410 e. The third-order valence-electron chi connectivity index (χ3n) is 2.31. The summed E-state index contributed by atoms with van der Waals surface area (Å²) in [6, 6.07) is 1.17. The fraction of sp³-hybridized carbons (Fsp3) is 0.571. The highest BCUT2D eigenvalue weighted by molar-refractivity contribution is 6.61. The van der Waals surface area contributed by atoms with E-state index in [0.717, 1.165) is 14.2 Å². The minimum Gasteiger partial charge on any atom is -0.410 e. The van der Waals surface area contributed by atoms with Gasteiger partial charge in [-0.15, -0.1) is 0 Å². The molecule has 1 rings (SSSR count). The molecule has 0 saturated carbocycles. The normalized spacial score (nSPS) is 11.0. The summed E-state index contributed by atoms with van der Waals surface area (Å²) in [5.41, 5.74) is -3.17. The number of alkyl halides is 6. The first-order chi connectivity index (χ1) is 10.6. The summed E-state index contributed by atoms with van der Waals surface area (Å²) < 4.78 is 84.7. The largest absolute Gasteiger partial charge is 0.493 e. The van der Waals surface area contributed by atoms with Crippen LogP contribution < -0.4 is 5.46 Å². The van der Waals surface area contributed by atoms with Gasteiger partial charge in [0.1, 0.15) is 0 Å². The monoisotopic (exact) mass is 346 g/mol. The highest BCUT2D eigenvalue weighted by Gasteiger charge is 2.38. The molecule has 0 N–H and O–H groups in total. The van der Waals surface area contributed by atoms with Gasteiger partial charge >= 0.3 is 19.5 Å². The predicted octanol–water partition coefficient (Wildman–Crippen LogP) is 4.76. The van der Waals surface area contributed by atoms with Gasteiger partial charge in [0.05, 0.1) is 11.1 Å². The number of benzene rings is 1. The first kappa shape index (κ1) is 24.0. The molecule has 0 unspecified atom stereocenters. The summed E-state index contributed by atoms with van der Waals surface area (Å²) >= 11 is 0. The Labute approximate surface area is 132 Å². The maximum atomic E-state index is 12.6. The van der Waals surface area contributed by atoms with Crippen LogP contribution in [0.3, 0.4) is 0 Å². The zero-order valence-electron chi connectivity index (χ0n) is 13.9. The average Bonchev–Trinajstić information content (AvgIpc) is 2.50. The summed E-state index contributed by atoms with van der Waals surface area (Å²) in [5, 5.41) is 0. The lowest BCUT2D eigenvalue weighted by Gasteiger charge is -2.16. The van der Waals surface area contributed by atoms with Crippen molar-refractivity contribution < 1.29 is 35.7 Å². The zero-order valence-corrected chi connectivity index (χ0v) is 13.9. The molecule has 9 heteroatoms. The molecule has 0 heterocycles. The molecule has 23 heavy (non-hydrogen) atoms. The number of rotatable bonds is 3. The Balaban J connectivity index is 0. The van der Waals surface area contributed by atoms with Crippen LogP contribution in [0.4, 0.5) is 26.3 Å². The van der Waals surface area contributed by atoms with Crippen molar-refractivity contribution in [1.82, 2.24) is 0 Å². The van der Waals surface area contributed by atoms with Crippen LogP contribution in [0, 0.1) is 0 Å². The van der Waals surface area contributed by atoms with Crippen LogP contribution in [-0.2, 0) is 21.7 Å². The maximum absolute atomic E-state index is 12.6. The fourth-order valence-corrected chi connectivity index (χ4v) is 1.48. The lowest BCUT2D eigenvalue weighted by molar-refractivity contribution is -0.142. The molecule has 0 saturated heterocycles. The van der Waals surface area contributed by atoms with Gasteiger partial charge in [0.25, 0.3) is 0 Å². The highest BCUT2D eigenvalue weighted by atomic mass is 19.4. The second-order valence-electron chi connectivity index (χ2n) is 3.64. The molecule has 0 radical (unpaired) electrons. The van der Waals surface area contributed by atoms with Crippen molar-refractivity contribution in [2.45, 2.75) is 40.0 Å². The third-order valence-corrected chi connectivity index (χ3v) is 2.31. The molecule has 134 valence electrons. The molecule has 1 aromatic rings. The molecule has 0 amide bonds. The Morgan fingerprint density at radius 2 is 1.00 bits per heavy atom. The number of hydrogen-bond donors (Lipinski definition) is 0. The van der Waals surface area contributed by atoms with Crippen molar-refractivity contribution in [3.63, 3.8) is 0 Å². The SMILES string of the molecule is CC.CC.COB(OC)c1cc(C(F)(F)F)cc(C(F)(F)F)c1. The zero-order chi connectivity index (χ0) is 18.8.